The van der Waals surface area contributed by atoms with Gasteiger partial charge in [-0.2, -0.15) is 0 Å². The van der Waals surface area contributed by atoms with Crippen LogP contribution in [0.4, 0.5) is 5.69 Å². The molecule has 1 saturated carbocycles. The third-order valence-corrected chi connectivity index (χ3v) is 4.35. The van der Waals surface area contributed by atoms with Crippen molar-refractivity contribution in [3.63, 3.8) is 0 Å². The number of nitrogens with two attached hydrogens (primary N) is 1. The van der Waals surface area contributed by atoms with Crippen molar-refractivity contribution in [2.45, 2.75) is 44.2 Å². The van der Waals surface area contributed by atoms with Gasteiger partial charge in [0.1, 0.15) is 0 Å². The van der Waals surface area contributed by atoms with Gasteiger partial charge >= 0.3 is 0 Å². The summed E-state index contributed by atoms with van der Waals surface area (Å²) in [5.74, 6) is 0.543. The maximum Gasteiger partial charge on any atom is 0.227 e. The fraction of sp³-hybridized carbons (Fsp3) is 0.562. The number of nitrogens with one attached hydrogen (secondary N) is 1. The van der Waals surface area contributed by atoms with E-state index in [0.717, 1.165) is 18.6 Å². The average Bonchev–Trinajstić information content (AvgIpc) is 3.18. The van der Waals surface area contributed by atoms with Crippen LogP contribution in [-0.2, 0) is 9.53 Å². The van der Waals surface area contributed by atoms with E-state index >= 15 is 0 Å². The lowest BCUT2D eigenvalue weighted by Gasteiger charge is -2.22. The highest BCUT2D eigenvalue weighted by atomic mass is 16.5. The van der Waals surface area contributed by atoms with Gasteiger partial charge in [0.25, 0.3) is 0 Å². The van der Waals surface area contributed by atoms with Crippen LogP contribution in [0.1, 0.15) is 37.7 Å². The minimum Gasteiger partial charge on any atom is -0.399 e. The molecule has 3 N–H and O–H groups in total. The zero-order valence-corrected chi connectivity index (χ0v) is 11.8. The normalized spacial score (nSPS) is 27.2. The first kappa shape index (κ1) is 13.4. The van der Waals surface area contributed by atoms with Crippen molar-refractivity contribution < 1.29 is 9.53 Å². The van der Waals surface area contributed by atoms with Gasteiger partial charge in [-0.05, 0) is 49.8 Å². The summed E-state index contributed by atoms with van der Waals surface area (Å²) in [7, 11) is 0. The van der Waals surface area contributed by atoms with E-state index in [1.807, 2.05) is 31.2 Å². The fourth-order valence-electron chi connectivity index (χ4n) is 2.94. The molecular weight excluding hydrogens is 252 g/mol. The van der Waals surface area contributed by atoms with Crippen LogP contribution in [0.5, 0.6) is 0 Å². The molecule has 2 fully saturated rings. The number of amides is 1. The number of anilines is 1. The molecule has 0 radical (unpaired) electrons. The zero-order chi connectivity index (χ0) is 14.1. The monoisotopic (exact) mass is 274 g/mol. The highest BCUT2D eigenvalue weighted by Gasteiger charge is 2.41. The summed E-state index contributed by atoms with van der Waals surface area (Å²) in [5.41, 5.74) is 7.44. The van der Waals surface area contributed by atoms with Crippen molar-refractivity contribution in [3.8, 4) is 0 Å². The standard InChI is InChI=1S/C16H22N2O2/c1-10(12-3-2-4-13(17)9-12)16(19)18-14-7-8-20-15(14)11-5-6-11/h2-4,9-11,14-15H,5-8,17H2,1H3,(H,18,19). The number of hydrogen-bond donors (Lipinski definition) is 2. The first-order valence-electron chi connectivity index (χ1n) is 7.42. The molecule has 0 spiro atoms. The van der Waals surface area contributed by atoms with Gasteiger partial charge in [0.2, 0.25) is 5.91 Å². The van der Waals surface area contributed by atoms with Crippen molar-refractivity contribution in [1.29, 1.82) is 0 Å². The Kier molecular flexibility index (Phi) is 3.66. The molecule has 0 aromatic heterocycles. The van der Waals surface area contributed by atoms with Crippen LogP contribution >= 0.6 is 0 Å². The molecule has 3 atom stereocenters. The van der Waals surface area contributed by atoms with Gasteiger partial charge in [-0.15, -0.1) is 0 Å². The number of carbonyl (C=O) groups is 1. The van der Waals surface area contributed by atoms with Crippen LogP contribution in [0.2, 0.25) is 0 Å². The SMILES string of the molecule is CC(C(=O)NC1CCOC1C1CC1)c1cccc(N)c1. The van der Waals surface area contributed by atoms with E-state index in [1.54, 1.807) is 0 Å². The van der Waals surface area contributed by atoms with Gasteiger partial charge in [0.15, 0.2) is 0 Å². The average molecular weight is 274 g/mol. The van der Waals surface area contributed by atoms with E-state index in [2.05, 4.69) is 5.32 Å². The zero-order valence-electron chi connectivity index (χ0n) is 11.8. The largest absolute Gasteiger partial charge is 0.399 e. The van der Waals surface area contributed by atoms with Gasteiger partial charge in [0.05, 0.1) is 18.1 Å². The molecular formula is C16H22N2O2. The summed E-state index contributed by atoms with van der Waals surface area (Å²) in [6, 6.07) is 7.72. The van der Waals surface area contributed by atoms with E-state index in [4.69, 9.17) is 10.5 Å². The Hall–Kier alpha value is -1.55. The van der Waals surface area contributed by atoms with E-state index in [-0.39, 0.29) is 24.0 Å². The van der Waals surface area contributed by atoms with Gasteiger partial charge in [0, 0.05) is 12.3 Å². The molecule has 1 heterocycles. The molecule has 1 aromatic rings. The number of rotatable bonds is 4. The van der Waals surface area contributed by atoms with Gasteiger partial charge in [-0.25, -0.2) is 0 Å². The molecule has 4 nitrogen and oxygen atoms in total. The summed E-state index contributed by atoms with van der Waals surface area (Å²) < 4.78 is 5.76. The molecule has 1 aliphatic heterocycles. The van der Waals surface area contributed by atoms with E-state index in [0.29, 0.717) is 11.6 Å². The first-order chi connectivity index (χ1) is 9.65. The highest BCUT2D eigenvalue weighted by Crippen LogP contribution is 2.38. The lowest BCUT2D eigenvalue weighted by atomic mass is 9.98. The van der Waals surface area contributed by atoms with Crippen LogP contribution in [0.3, 0.4) is 0 Å². The second kappa shape index (κ2) is 5.44. The molecule has 2 aliphatic rings. The van der Waals surface area contributed by atoms with Crippen molar-refractivity contribution in [1.82, 2.24) is 5.32 Å². The van der Waals surface area contributed by atoms with Crippen molar-refractivity contribution in [2.75, 3.05) is 12.3 Å². The van der Waals surface area contributed by atoms with Crippen LogP contribution in [0.25, 0.3) is 0 Å². The minimum absolute atomic E-state index is 0.0664. The molecule has 1 saturated heterocycles. The van der Waals surface area contributed by atoms with Gasteiger partial charge < -0.3 is 15.8 Å². The Labute approximate surface area is 119 Å². The summed E-state index contributed by atoms with van der Waals surface area (Å²) in [4.78, 5) is 12.4. The second-order valence-corrected chi connectivity index (χ2v) is 5.97. The number of hydrogen-bond acceptors (Lipinski definition) is 3. The molecule has 1 aliphatic carbocycles. The summed E-state index contributed by atoms with van der Waals surface area (Å²) >= 11 is 0. The molecule has 20 heavy (non-hydrogen) atoms. The smallest absolute Gasteiger partial charge is 0.227 e. The van der Waals surface area contributed by atoms with Crippen molar-refractivity contribution in [2.24, 2.45) is 5.92 Å². The lowest BCUT2D eigenvalue weighted by Crippen LogP contribution is -2.43. The first-order valence-corrected chi connectivity index (χ1v) is 7.42. The third-order valence-electron chi connectivity index (χ3n) is 4.35. The molecule has 108 valence electrons. The van der Waals surface area contributed by atoms with Crippen LogP contribution < -0.4 is 11.1 Å². The molecule has 1 amide bonds. The number of benzene rings is 1. The second-order valence-electron chi connectivity index (χ2n) is 5.97. The Morgan fingerprint density at radius 2 is 2.20 bits per heavy atom. The molecule has 1 aromatic carbocycles. The molecule has 3 unspecified atom stereocenters. The topological polar surface area (TPSA) is 64.3 Å². The molecule has 0 bridgehead atoms. The predicted octanol–water partition coefficient (Wildman–Crippen LogP) is 2.06. The Morgan fingerprint density at radius 3 is 2.90 bits per heavy atom. The fourth-order valence-corrected chi connectivity index (χ4v) is 2.94. The maximum atomic E-state index is 12.4. The predicted molar refractivity (Wildman–Crippen MR) is 78.3 cm³/mol. The maximum absolute atomic E-state index is 12.4. The van der Waals surface area contributed by atoms with Crippen molar-refractivity contribution >= 4 is 11.6 Å². The number of carbonyl (C=O) groups excluding carboxylic acids is 1. The van der Waals surface area contributed by atoms with E-state index in [1.165, 1.54) is 12.8 Å². The van der Waals surface area contributed by atoms with Crippen molar-refractivity contribution in [3.05, 3.63) is 29.8 Å². The van der Waals surface area contributed by atoms with Gasteiger partial charge in [-0.3, -0.25) is 4.79 Å². The van der Waals surface area contributed by atoms with Crippen LogP contribution in [0.15, 0.2) is 24.3 Å². The molecule has 4 heteroatoms. The van der Waals surface area contributed by atoms with Crippen LogP contribution in [-0.4, -0.2) is 24.7 Å². The summed E-state index contributed by atoms with van der Waals surface area (Å²) in [6.45, 7) is 2.69. The quantitative estimate of drug-likeness (QED) is 0.826. The van der Waals surface area contributed by atoms with Crippen LogP contribution in [0, 0.1) is 5.92 Å². The van der Waals surface area contributed by atoms with E-state index in [9.17, 15) is 4.79 Å². The Balaban J connectivity index is 1.63. The van der Waals surface area contributed by atoms with E-state index < -0.39 is 0 Å². The number of nitrogen functional groups attached to an aromatic ring is 1. The van der Waals surface area contributed by atoms with Gasteiger partial charge in [-0.1, -0.05) is 12.1 Å². The summed E-state index contributed by atoms with van der Waals surface area (Å²) in [6.07, 6.45) is 3.63. The third kappa shape index (κ3) is 2.80. The lowest BCUT2D eigenvalue weighted by molar-refractivity contribution is -0.123. The Morgan fingerprint density at radius 1 is 1.40 bits per heavy atom. The summed E-state index contributed by atoms with van der Waals surface area (Å²) in [5, 5.41) is 3.16. The number of ether oxygens (including phenoxy) is 1. The highest BCUT2D eigenvalue weighted by molar-refractivity contribution is 5.83. The minimum atomic E-state index is -0.182. The molecule has 3 rings (SSSR count). The Bertz CT molecular complexity index is 499.